The monoisotopic (exact) mass is 268 g/mol. The summed E-state index contributed by atoms with van der Waals surface area (Å²) < 4.78 is 0. The standard InChI is InChI=1S/C17H36N2/c1-15(2)13-18-11-7-5-6-8-12-19(16(3)4)14-17-9-10-17/h15-18H,5-14H2,1-4H3. The first-order valence-electron chi connectivity index (χ1n) is 8.54. The molecule has 0 atom stereocenters. The van der Waals surface area contributed by atoms with Crippen LogP contribution < -0.4 is 5.32 Å². The second kappa shape index (κ2) is 9.77. The largest absolute Gasteiger partial charge is 0.316 e. The minimum Gasteiger partial charge on any atom is -0.316 e. The average Bonchev–Trinajstić information content (AvgIpc) is 3.14. The van der Waals surface area contributed by atoms with Gasteiger partial charge in [0.2, 0.25) is 0 Å². The van der Waals surface area contributed by atoms with Gasteiger partial charge in [0.25, 0.3) is 0 Å². The van der Waals surface area contributed by atoms with E-state index in [1.165, 1.54) is 64.7 Å². The van der Waals surface area contributed by atoms with Crippen molar-refractivity contribution in [2.75, 3.05) is 26.2 Å². The van der Waals surface area contributed by atoms with E-state index in [-0.39, 0.29) is 0 Å². The Labute approximate surface area is 121 Å². The van der Waals surface area contributed by atoms with E-state index in [1.54, 1.807) is 0 Å². The summed E-state index contributed by atoms with van der Waals surface area (Å²) >= 11 is 0. The molecule has 2 heteroatoms. The zero-order valence-electron chi connectivity index (χ0n) is 13.8. The Hall–Kier alpha value is -0.0800. The summed E-state index contributed by atoms with van der Waals surface area (Å²) in [4.78, 5) is 2.69. The summed E-state index contributed by atoms with van der Waals surface area (Å²) in [7, 11) is 0. The van der Waals surface area contributed by atoms with Crippen LogP contribution in [-0.4, -0.2) is 37.1 Å². The zero-order valence-corrected chi connectivity index (χ0v) is 13.8. The fourth-order valence-electron chi connectivity index (χ4n) is 2.50. The van der Waals surface area contributed by atoms with Crippen LogP contribution in [0.3, 0.4) is 0 Å². The number of nitrogens with zero attached hydrogens (tertiary/aromatic N) is 1. The van der Waals surface area contributed by atoms with E-state index in [0.29, 0.717) is 0 Å². The number of hydrogen-bond donors (Lipinski definition) is 1. The van der Waals surface area contributed by atoms with E-state index in [9.17, 15) is 0 Å². The smallest absolute Gasteiger partial charge is 0.00387 e. The summed E-state index contributed by atoms with van der Waals surface area (Å²) in [5.74, 6) is 1.81. The molecule has 0 bridgehead atoms. The van der Waals surface area contributed by atoms with Crippen molar-refractivity contribution in [3.63, 3.8) is 0 Å². The molecule has 1 saturated carbocycles. The first kappa shape index (κ1) is 17.0. The minimum atomic E-state index is 0.730. The maximum Gasteiger partial charge on any atom is 0.00387 e. The quantitative estimate of drug-likeness (QED) is 0.540. The fourth-order valence-corrected chi connectivity index (χ4v) is 2.50. The molecule has 0 amide bonds. The van der Waals surface area contributed by atoms with Gasteiger partial charge >= 0.3 is 0 Å². The fraction of sp³-hybridized carbons (Fsp3) is 1.00. The maximum absolute atomic E-state index is 3.53. The molecule has 0 saturated heterocycles. The highest BCUT2D eigenvalue weighted by Gasteiger charge is 2.24. The lowest BCUT2D eigenvalue weighted by Gasteiger charge is -2.26. The Bertz CT molecular complexity index is 209. The number of hydrogen-bond acceptors (Lipinski definition) is 2. The number of unbranched alkanes of at least 4 members (excludes halogenated alkanes) is 3. The molecule has 1 rings (SSSR count). The van der Waals surface area contributed by atoms with Crippen molar-refractivity contribution >= 4 is 0 Å². The zero-order chi connectivity index (χ0) is 14.1. The molecule has 0 unspecified atom stereocenters. The lowest BCUT2D eigenvalue weighted by atomic mass is 10.1. The van der Waals surface area contributed by atoms with Crippen LogP contribution in [0.4, 0.5) is 0 Å². The van der Waals surface area contributed by atoms with Gasteiger partial charge in [-0.05, 0) is 71.0 Å². The molecule has 0 spiro atoms. The molecule has 0 radical (unpaired) electrons. The maximum atomic E-state index is 3.53. The summed E-state index contributed by atoms with van der Waals surface area (Å²) in [6, 6.07) is 0.730. The molecule has 0 aromatic heterocycles. The normalized spacial score (nSPS) is 15.9. The second-order valence-electron chi connectivity index (χ2n) is 7.04. The summed E-state index contributed by atoms with van der Waals surface area (Å²) in [6.45, 7) is 14.3. The van der Waals surface area contributed by atoms with Gasteiger partial charge in [0.05, 0.1) is 0 Å². The molecule has 0 aliphatic heterocycles. The van der Waals surface area contributed by atoms with Crippen molar-refractivity contribution < 1.29 is 0 Å². The highest BCUT2D eigenvalue weighted by Crippen LogP contribution is 2.30. The highest BCUT2D eigenvalue weighted by atomic mass is 15.1. The Morgan fingerprint density at radius 1 is 1.00 bits per heavy atom. The van der Waals surface area contributed by atoms with Gasteiger partial charge in [0.15, 0.2) is 0 Å². The predicted octanol–water partition coefficient (Wildman–Crippen LogP) is 3.91. The third-order valence-corrected chi connectivity index (χ3v) is 4.02. The van der Waals surface area contributed by atoms with Gasteiger partial charge in [-0.2, -0.15) is 0 Å². The van der Waals surface area contributed by atoms with Gasteiger partial charge in [-0.25, -0.2) is 0 Å². The van der Waals surface area contributed by atoms with E-state index < -0.39 is 0 Å². The van der Waals surface area contributed by atoms with Crippen LogP contribution in [0.2, 0.25) is 0 Å². The Morgan fingerprint density at radius 3 is 2.26 bits per heavy atom. The van der Waals surface area contributed by atoms with Gasteiger partial charge < -0.3 is 10.2 Å². The van der Waals surface area contributed by atoms with Gasteiger partial charge in [0, 0.05) is 12.6 Å². The molecule has 114 valence electrons. The SMILES string of the molecule is CC(C)CNCCCCCCN(CC1CC1)C(C)C. The predicted molar refractivity (Wildman–Crippen MR) is 85.6 cm³/mol. The van der Waals surface area contributed by atoms with Gasteiger partial charge in [-0.15, -0.1) is 0 Å². The lowest BCUT2D eigenvalue weighted by Crippen LogP contribution is -2.33. The van der Waals surface area contributed by atoms with Crippen LogP contribution in [-0.2, 0) is 0 Å². The second-order valence-corrected chi connectivity index (χ2v) is 7.04. The molecule has 0 aromatic carbocycles. The van der Waals surface area contributed by atoms with Crippen LogP contribution in [0.5, 0.6) is 0 Å². The minimum absolute atomic E-state index is 0.730. The molecule has 1 fully saturated rings. The van der Waals surface area contributed by atoms with Gasteiger partial charge in [-0.3, -0.25) is 0 Å². The first-order chi connectivity index (χ1) is 9.09. The molecule has 0 heterocycles. The van der Waals surface area contributed by atoms with Crippen LogP contribution in [0, 0.1) is 11.8 Å². The molecule has 0 aromatic rings. The topological polar surface area (TPSA) is 15.3 Å². The summed E-state index contributed by atoms with van der Waals surface area (Å²) in [5.41, 5.74) is 0. The van der Waals surface area contributed by atoms with E-state index >= 15 is 0 Å². The number of nitrogens with one attached hydrogen (secondary N) is 1. The average molecular weight is 268 g/mol. The van der Waals surface area contributed by atoms with E-state index in [0.717, 1.165) is 17.9 Å². The van der Waals surface area contributed by atoms with Gasteiger partial charge in [-0.1, -0.05) is 26.7 Å². The summed E-state index contributed by atoms with van der Waals surface area (Å²) in [6.07, 6.45) is 8.47. The van der Waals surface area contributed by atoms with Crippen LogP contribution in [0.1, 0.15) is 66.2 Å². The van der Waals surface area contributed by atoms with Crippen molar-refractivity contribution in [3.05, 3.63) is 0 Å². The van der Waals surface area contributed by atoms with E-state index in [1.807, 2.05) is 0 Å². The Kier molecular flexibility index (Phi) is 8.72. The molecule has 1 aliphatic rings. The van der Waals surface area contributed by atoms with Crippen molar-refractivity contribution in [1.29, 1.82) is 0 Å². The first-order valence-corrected chi connectivity index (χ1v) is 8.54. The third kappa shape index (κ3) is 9.45. The third-order valence-electron chi connectivity index (χ3n) is 4.02. The molecule has 2 nitrogen and oxygen atoms in total. The van der Waals surface area contributed by atoms with Crippen molar-refractivity contribution in [2.45, 2.75) is 72.3 Å². The van der Waals surface area contributed by atoms with Crippen LogP contribution in [0.25, 0.3) is 0 Å². The van der Waals surface area contributed by atoms with E-state index in [2.05, 4.69) is 37.9 Å². The van der Waals surface area contributed by atoms with Crippen molar-refractivity contribution in [2.24, 2.45) is 11.8 Å². The van der Waals surface area contributed by atoms with E-state index in [4.69, 9.17) is 0 Å². The Morgan fingerprint density at radius 2 is 1.68 bits per heavy atom. The number of rotatable bonds is 12. The lowest BCUT2D eigenvalue weighted by molar-refractivity contribution is 0.208. The van der Waals surface area contributed by atoms with Crippen molar-refractivity contribution in [1.82, 2.24) is 10.2 Å². The molecular formula is C17H36N2. The van der Waals surface area contributed by atoms with Crippen molar-refractivity contribution in [3.8, 4) is 0 Å². The molecule has 1 aliphatic carbocycles. The Balaban J connectivity index is 1.90. The summed E-state index contributed by atoms with van der Waals surface area (Å²) in [5, 5.41) is 3.53. The highest BCUT2D eigenvalue weighted by molar-refractivity contribution is 4.78. The molecular weight excluding hydrogens is 232 g/mol. The molecule has 19 heavy (non-hydrogen) atoms. The van der Waals surface area contributed by atoms with Crippen LogP contribution >= 0.6 is 0 Å². The van der Waals surface area contributed by atoms with Gasteiger partial charge in [0.1, 0.15) is 0 Å². The van der Waals surface area contributed by atoms with Crippen LogP contribution in [0.15, 0.2) is 0 Å². The molecule has 1 N–H and O–H groups in total.